The Morgan fingerprint density at radius 1 is 1.15 bits per heavy atom. The van der Waals surface area contributed by atoms with Gasteiger partial charge in [-0.25, -0.2) is 0 Å². The van der Waals surface area contributed by atoms with E-state index in [4.69, 9.17) is 0 Å². The first-order chi connectivity index (χ1) is 5.75. The Labute approximate surface area is 100 Å². The molecule has 2 rings (SSSR count). The van der Waals surface area contributed by atoms with E-state index in [2.05, 4.69) is 27.9 Å². The van der Waals surface area contributed by atoms with Crippen molar-refractivity contribution in [2.24, 2.45) is 11.8 Å². The van der Waals surface area contributed by atoms with Crippen LogP contribution in [0.1, 0.15) is 25.7 Å². The number of piperidine rings is 1. The minimum atomic E-state index is 0. The molecule has 1 aliphatic carbocycles. The van der Waals surface area contributed by atoms with Gasteiger partial charge in [-0.3, -0.25) is 0 Å². The molecule has 1 saturated carbocycles. The van der Waals surface area contributed by atoms with Gasteiger partial charge < -0.3 is 4.90 Å². The van der Waals surface area contributed by atoms with Crippen molar-refractivity contribution in [3.8, 4) is 0 Å². The number of fused-ring (bicyclic) bond motifs is 1. The first kappa shape index (κ1) is 12.0. The van der Waals surface area contributed by atoms with E-state index in [1.54, 1.807) is 0 Å². The summed E-state index contributed by atoms with van der Waals surface area (Å²) in [6.07, 6.45) is 5.71. The Kier molecular flexibility index (Phi) is 4.73. The maximum atomic E-state index is 3.75. The zero-order valence-corrected chi connectivity index (χ0v) is 11.5. The molecule has 3 heteroatoms. The maximum Gasteiger partial charge on any atom is 0.0148 e. The second-order valence-corrected chi connectivity index (χ2v) is 5.78. The molecule has 1 heterocycles. The molecule has 2 fully saturated rings. The van der Waals surface area contributed by atoms with Gasteiger partial charge in [-0.2, -0.15) is 0 Å². The SMILES string of the molecule is Br.CN1CC[C@H]2C[C@H](Br)CCC2C1. The minimum Gasteiger partial charge on any atom is -0.306 e. The van der Waals surface area contributed by atoms with Gasteiger partial charge in [0.05, 0.1) is 0 Å². The van der Waals surface area contributed by atoms with E-state index in [9.17, 15) is 0 Å². The van der Waals surface area contributed by atoms with Crippen molar-refractivity contribution >= 4 is 32.9 Å². The summed E-state index contributed by atoms with van der Waals surface area (Å²) in [5.41, 5.74) is 0. The second-order valence-electron chi connectivity index (χ2n) is 4.48. The van der Waals surface area contributed by atoms with E-state index in [0.29, 0.717) is 0 Å². The van der Waals surface area contributed by atoms with Crippen molar-refractivity contribution in [3.05, 3.63) is 0 Å². The van der Waals surface area contributed by atoms with Crippen LogP contribution < -0.4 is 0 Å². The van der Waals surface area contributed by atoms with Crippen LogP contribution in [0.4, 0.5) is 0 Å². The molecule has 1 unspecified atom stereocenters. The van der Waals surface area contributed by atoms with Crippen LogP contribution in [0.3, 0.4) is 0 Å². The number of likely N-dealkylation sites (tertiary alicyclic amines) is 1. The molecule has 13 heavy (non-hydrogen) atoms. The van der Waals surface area contributed by atoms with Gasteiger partial charge in [-0.15, -0.1) is 17.0 Å². The molecule has 1 nitrogen and oxygen atoms in total. The van der Waals surface area contributed by atoms with Crippen LogP contribution in [0.25, 0.3) is 0 Å². The molecular weight excluding hydrogens is 294 g/mol. The lowest BCUT2D eigenvalue weighted by atomic mass is 9.75. The summed E-state index contributed by atoms with van der Waals surface area (Å²) in [6, 6.07) is 0. The Morgan fingerprint density at radius 2 is 1.92 bits per heavy atom. The topological polar surface area (TPSA) is 3.24 Å². The summed E-state index contributed by atoms with van der Waals surface area (Å²) < 4.78 is 0. The highest BCUT2D eigenvalue weighted by Crippen LogP contribution is 2.38. The van der Waals surface area contributed by atoms with Gasteiger partial charge >= 0.3 is 0 Å². The number of nitrogens with zero attached hydrogens (tertiary/aromatic N) is 1. The zero-order chi connectivity index (χ0) is 8.55. The van der Waals surface area contributed by atoms with Crippen molar-refractivity contribution in [1.29, 1.82) is 0 Å². The molecule has 0 aromatic carbocycles. The molecule has 0 bridgehead atoms. The third-order valence-corrected chi connectivity index (χ3v) is 4.34. The summed E-state index contributed by atoms with van der Waals surface area (Å²) in [7, 11) is 2.26. The number of rotatable bonds is 0. The summed E-state index contributed by atoms with van der Waals surface area (Å²) in [4.78, 5) is 3.32. The lowest BCUT2D eigenvalue weighted by molar-refractivity contribution is 0.108. The number of halogens is 2. The standard InChI is InChI=1S/C10H18BrN.BrH/c1-12-5-4-8-6-10(11)3-2-9(8)7-12;/h8-10H,2-7H2,1H3;1H/t8-,9?,10+;/m0./s1. The average Bonchev–Trinajstić information content (AvgIpc) is 2.05. The monoisotopic (exact) mass is 311 g/mol. The lowest BCUT2D eigenvalue weighted by Crippen LogP contribution is -2.41. The van der Waals surface area contributed by atoms with E-state index < -0.39 is 0 Å². The van der Waals surface area contributed by atoms with Crippen molar-refractivity contribution in [2.75, 3.05) is 20.1 Å². The fourth-order valence-electron chi connectivity index (χ4n) is 2.74. The Balaban J connectivity index is 0.000000845. The molecule has 0 aromatic heterocycles. The van der Waals surface area contributed by atoms with Gasteiger partial charge in [0, 0.05) is 11.4 Å². The minimum absolute atomic E-state index is 0. The van der Waals surface area contributed by atoms with Crippen LogP contribution >= 0.6 is 32.9 Å². The quantitative estimate of drug-likeness (QED) is 0.621. The molecule has 0 spiro atoms. The molecule has 0 aromatic rings. The normalized spacial score (nSPS) is 40.6. The summed E-state index contributed by atoms with van der Waals surface area (Å²) in [5.74, 6) is 2.04. The van der Waals surface area contributed by atoms with E-state index in [-0.39, 0.29) is 17.0 Å². The van der Waals surface area contributed by atoms with E-state index in [1.807, 2.05) is 0 Å². The lowest BCUT2D eigenvalue weighted by Gasteiger charge is -2.41. The van der Waals surface area contributed by atoms with Gasteiger partial charge in [0.25, 0.3) is 0 Å². The maximum absolute atomic E-state index is 3.75. The Hall–Kier alpha value is 0.920. The highest BCUT2D eigenvalue weighted by molar-refractivity contribution is 9.09. The summed E-state index contributed by atoms with van der Waals surface area (Å²) in [6.45, 7) is 2.67. The highest BCUT2D eigenvalue weighted by atomic mass is 79.9. The Bertz CT molecular complexity index is 145. The average molecular weight is 313 g/mol. The summed E-state index contributed by atoms with van der Waals surface area (Å²) >= 11 is 3.75. The smallest absolute Gasteiger partial charge is 0.0148 e. The van der Waals surface area contributed by atoms with Crippen LogP contribution in [-0.4, -0.2) is 29.9 Å². The number of hydrogen-bond donors (Lipinski definition) is 0. The van der Waals surface area contributed by atoms with Crippen molar-refractivity contribution < 1.29 is 0 Å². The van der Waals surface area contributed by atoms with Gasteiger partial charge in [-0.05, 0) is 51.1 Å². The molecule has 2 aliphatic rings. The zero-order valence-electron chi connectivity index (χ0n) is 8.21. The predicted molar refractivity (Wildman–Crippen MR) is 66.0 cm³/mol. The van der Waals surface area contributed by atoms with E-state index >= 15 is 0 Å². The fraction of sp³-hybridized carbons (Fsp3) is 1.00. The van der Waals surface area contributed by atoms with Crippen LogP contribution in [0.5, 0.6) is 0 Å². The molecule has 0 amide bonds. The predicted octanol–water partition coefficient (Wildman–Crippen LogP) is 3.08. The Morgan fingerprint density at radius 3 is 2.69 bits per heavy atom. The largest absolute Gasteiger partial charge is 0.306 e. The van der Waals surface area contributed by atoms with Crippen LogP contribution in [0.2, 0.25) is 0 Å². The van der Waals surface area contributed by atoms with E-state index in [1.165, 1.54) is 38.8 Å². The van der Waals surface area contributed by atoms with Gasteiger partial charge in [-0.1, -0.05) is 15.9 Å². The van der Waals surface area contributed by atoms with Crippen LogP contribution in [0.15, 0.2) is 0 Å². The molecule has 0 N–H and O–H groups in total. The summed E-state index contributed by atoms with van der Waals surface area (Å²) in [5, 5.41) is 0. The second kappa shape index (κ2) is 5.13. The van der Waals surface area contributed by atoms with Crippen molar-refractivity contribution in [3.63, 3.8) is 0 Å². The molecule has 1 aliphatic heterocycles. The first-order valence-corrected chi connectivity index (χ1v) is 6.00. The van der Waals surface area contributed by atoms with Crippen LogP contribution in [-0.2, 0) is 0 Å². The van der Waals surface area contributed by atoms with Gasteiger partial charge in [0.1, 0.15) is 0 Å². The van der Waals surface area contributed by atoms with Gasteiger partial charge in [0.2, 0.25) is 0 Å². The molecule has 3 atom stereocenters. The van der Waals surface area contributed by atoms with E-state index in [0.717, 1.165) is 16.7 Å². The molecule has 1 saturated heterocycles. The molecule has 0 radical (unpaired) electrons. The molecule has 78 valence electrons. The number of alkyl halides is 1. The van der Waals surface area contributed by atoms with Crippen molar-refractivity contribution in [2.45, 2.75) is 30.5 Å². The third kappa shape index (κ3) is 2.93. The van der Waals surface area contributed by atoms with Gasteiger partial charge in [0.15, 0.2) is 0 Å². The third-order valence-electron chi connectivity index (χ3n) is 3.50. The first-order valence-electron chi connectivity index (χ1n) is 5.08. The fourth-order valence-corrected chi connectivity index (χ4v) is 3.49. The molecular formula is C10H19Br2N. The van der Waals surface area contributed by atoms with Crippen molar-refractivity contribution in [1.82, 2.24) is 4.90 Å². The number of hydrogen-bond acceptors (Lipinski definition) is 1. The highest BCUT2D eigenvalue weighted by Gasteiger charge is 2.32. The van der Waals surface area contributed by atoms with Crippen LogP contribution in [0, 0.1) is 11.8 Å².